The first-order chi connectivity index (χ1) is 19.7. The molecule has 0 radical (unpaired) electrons. The van der Waals surface area contributed by atoms with E-state index in [4.69, 9.17) is 4.74 Å². The maximum Gasteiger partial charge on any atom is 0.417 e. The number of sulfonamides is 1. The van der Waals surface area contributed by atoms with Crippen LogP contribution >= 0.6 is 0 Å². The van der Waals surface area contributed by atoms with Crippen LogP contribution in [0.1, 0.15) is 86.8 Å². The SMILES string of the molecule is Cc1c(C(=O)NC2CCOCC2)cc(-c2ccc(S(=O)(=O)NC(C)(C)CCF)c(C(F)(F)F)c2)n1CC1CCCCC1. The Balaban J connectivity index is 1.77. The molecule has 2 aliphatic rings. The summed E-state index contributed by atoms with van der Waals surface area (Å²) >= 11 is 0. The molecule has 1 amide bonds. The highest BCUT2D eigenvalue weighted by Gasteiger charge is 2.39. The van der Waals surface area contributed by atoms with Crippen molar-refractivity contribution in [2.45, 2.75) is 101 Å². The molecule has 2 heterocycles. The fourth-order valence-electron chi connectivity index (χ4n) is 5.93. The van der Waals surface area contributed by atoms with E-state index >= 15 is 0 Å². The molecule has 2 aromatic rings. The smallest absolute Gasteiger partial charge is 0.381 e. The Labute approximate surface area is 245 Å². The lowest BCUT2D eigenvalue weighted by Crippen LogP contribution is -2.44. The molecule has 12 heteroatoms. The van der Waals surface area contributed by atoms with Gasteiger partial charge in [0.1, 0.15) is 0 Å². The van der Waals surface area contributed by atoms with Gasteiger partial charge in [0.25, 0.3) is 5.91 Å². The standard InChI is InChI=1S/C30H41F4N3O4S/c1-20-24(28(38)35-23-11-15-41-16-12-23)18-26(37(20)19-21-7-5-4-6-8-21)22-9-10-27(25(17-22)30(32,33)34)42(39,40)36-29(2,3)13-14-31/h9-10,17-18,21,23,36H,4-8,11-16,19H2,1-3H3,(H,35,38). The number of carbonyl (C=O) groups is 1. The topological polar surface area (TPSA) is 89.4 Å². The van der Waals surface area contributed by atoms with Crippen LogP contribution in [0.4, 0.5) is 17.6 Å². The lowest BCUT2D eigenvalue weighted by Gasteiger charge is -2.26. The Morgan fingerprint density at radius 1 is 1.05 bits per heavy atom. The van der Waals surface area contributed by atoms with Crippen molar-refractivity contribution >= 4 is 15.9 Å². The second-order valence-electron chi connectivity index (χ2n) is 12.1. The highest BCUT2D eigenvalue weighted by atomic mass is 32.2. The molecule has 1 aliphatic heterocycles. The van der Waals surface area contributed by atoms with E-state index in [2.05, 4.69) is 10.0 Å². The van der Waals surface area contributed by atoms with Crippen LogP contribution in [0.3, 0.4) is 0 Å². The van der Waals surface area contributed by atoms with Gasteiger partial charge in [-0.15, -0.1) is 0 Å². The second-order valence-corrected chi connectivity index (χ2v) is 13.8. The van der Waals surface area contributed by atoms with Crippen LogP contribution in [0.5, 0.6) is 0 Å². The van der Waals surface area contributed by atoms with Gasteiger partial charge in [0, 0.05) is 42.7 Å². The van der Waals surface area contributed by atoms with Gasteiger partial charge in [-0.3, -0.25) is 9.18 Å². The summed E-state index contributed by atoms with van der Waals surface area (Å²) in [7, 11) is -4.64. The molecule has 2 fully saturated rings. The number of carbonyl (C=O) groups excluding carboxylic acids is 1. The Bertz CT molecular complexity index is 1360. The van der Waals surface area contributed by atoms with Gasteiger partial charge in [-0.2, -0.15) is 13.2 Å². The molecule has 4 rings (SSSR count). The summed E-state index contributed by atoms with van der Waals surface area (Å²) in [6.07, 6.45) is 1.47. The monoisotopic (exact) mass is 615 g/mol. The minimum absolute atomic E-state index is 0.0498. The average Bonchev–Trinajstić information content (AvgIpc) is 3.24. The zero-order valence-electron chi connectivity index (χ0n) is 24.4. The Morgan fingerprint density at radius 3 is 2.33 bits per heavy atom. The molecule has 0 spiro atoms. The Kier molecular flexibility index (Phi) is 10.1. The number of hydrogen-bond donors (Lipinski definition) is 2. The lowest BCUT2D eigenvalue weighted by atomic mass is 9.89. The summed E-state index contributed by atoms with van der Waals surface area (Å²) in [6.45, 7) is 5.44. The quantitative estimate of drug-likeness (QED) is 0.303. The molecule has 0 unspecified atom stereocenters. The van der Waals surface area contributed by atoms with Crippen molar-refractivity contribution in [3.63, 3.8) is 0 Å². The molecular weight excluding hydrogens is 574 g/mol. The summed E-state index contributed by atoms with van der Waals surface area (Å²) in [6, 6.07) is 4.69. The largest absolute Gasteiger partial charge is 0.417 e. The van der Waals surface area contributed by atoms with Gasteiger partial charge in [-0.25, -0.2) is 13.1 Å². The van der Waals surface area contributed by atoms with Crippen molar-refractivity contribution < 1.29 is 35.5 Å². The van der Waals surface area contributed by atoms with E-state index in [1.165, 1.54) is 19.9 Å². The molecule has 42 heavy (non-hydrogen) atoms. The predicted octanol–water partition coefficient (Wildman–Crippen LogP) is 6.39. The molecule has 234 valence electrons. The number of ether oxygens (including phenoxy) is 1. The second kappa shape index (κ2) is 13.1. The third-order valence-corrected chi connectivity index (χ3v) is 10.1. The molecule has 1 saturated heterocycles. The van der Waals surface area contributed by atoms with Crippen LogP contribution in [-0.4, -0.2) is 50.4 Å². The molecule has 1 saturated carbocycles. The number of nitrogens with one attached hydrogen (secondary N) is 2. The van der Waals surface area contributed by atoms with Gasteiger partial charge in [-0.1, -0.05) is 25.3 Å². The molecule has 1 aliphatic carbocycles. The summed E-state index contributed by atoms with van der Waals surface area (Å²) in [5.41, 5.74) is -0.982. The van der Waals surface area contributed by atoms with E-state index in [9.17, 15) is 30.8 Å². The number of hydrogen-bond acceptors (Lipinski definition) is 4. The van der Waals surface area contributed by atoms with Gasteiger partial charge >= 0.3 is 6.18 Å². The third kappa shape index (κ3) is 7.74. The van der Waals surface area contributed by atoms with Crippen molar-refractivity contribution in [2.75, 3.05) is 19.9 Å². The van der Waals surface area contributed by atoms with E-state index in [0.29, 0.717) is 55.5 Å². The van der Waals surface area contributed by atoms with Gasteiger partial charge in [-0.05, 0) is 82.6 Å². The average molecular weight is 616 g/mol. The van der Waals surface area contributed by atoms with Crippen molar-refractivity contribution in [3.8, 4) is 11.3 Å². The van der Waals surface area contributed by atoms with Crippen LogP contribution in [0.25, 0.3) is 11.3 Å². The van der Waals surface area contributed by atoms with Crippen molar-refractivity contribution in [1.82, 2.24) is 14.6 Å². The Morgan fingerprint density at radius 2 is 1.71 bits per heavy atom. The molecular formula is C30H41F4N3O4S. The number of halogens is 4. The first-order valence-electron chi connectivity index (χ1n) is 14.6. The van der Waals surface area contributed by atoms with Crippen LogP contribution in [0.2, 0.25) is 0 Å². The fraction of sp³-hybridized carbons (Fsp3) is 0.633. The fourth-order valence-corrected chi connectivity index (χ4v) is 7.58. The number of amides is 1. The molecule has 0 bridgehead atoms. The summed E-state index contributed by atoms with van der Waals surface area (Å²) in [4.78, 5) is 12.4. The first-order valence-corrected chi connectivity index (χ1v) is 16.1. The van der Waals surface area contributed by atoms with E-state index in [0.717, 1.165) is 44.2 Å². The highest BCUT2D eigenvalue weighted by molar-refractivity contribution is 7.89. The molecule has 7 nitrogen and oxygen atoms in total. The lowest BCUT2D eigenvalue weighted by molar-refractivity contribution is -0.139. The van der Waals surface area contributed by atoms with Gasteiger partial charge in [0.2, 0.25) is 10.0 Å². The van der Waals surface area contributed by atoms with Crippen molar-refractivity contribution in [1.29, 1.82) is 0 Å². The highest BCUT2D eigenvalue weighted by Crippen LogP contribution is 2.39. The van der Waals surface area contributed by atoms with Crippen LogP contribution in [0, 0.1) is 12.8 Å². The predicted molar refractivity (Wildman–Crippen MR) is 152 cm³/mol. The minimum Gasteiger partial charge on any atom is -0.381 e. The van der Waals surface area contributed by atoms with Crippen LogP contribution < -0.4 is 10.0 Å². The summed E-state index contributed by atoms with van der Waals surface area (Å²) in [5, 5.41) is 3.04. The Hall–Kier alpha value is -2.44. The molecule has 1 aromatic carbocycles. The van der Waals surface area contributed by atoms with Crippen molar-refractivity contribution in [2.24, 2.45) is 5.92 Å². The van der Waals surface area contributed by atoms with Crippen molar-refractivity contribution in [3.05, 3.63) is 41.1 Å². The van der Waals surface area contributed by atoms with E-state index < -0.39 is 38.9 Å². The minimum atomic E-state index is -4.98. The summed E-state index contributed by atoms with van der Waals surface area (Å²) in [5.74, 6) is 0.0243. The van der Waals surface area contributed by atoms with Crippen LogP contribution in [-0.2, 0) is 27.5 Å². The number of benzene rings is 1. The maximum absolute atomic E-state index is 14.4. The zero-order chi connectivity index (χ0) is 30.7. The number of rotatable bonds is 10. The number of aromatic nitrogens is 1. The van der Waals surface area contributed by atoms with Crippen LogP contribution in [0.15, 0.2) is 29.2 Å². The van der Waals surface area contributed by atoms with E-state index in [1.807, 2.05) is 4.57 Å². The third-order valence-electron chi connectivity index (χ3n) is 8.33. The normalized spacial score (nSPS) is 17.9. The molecule has 1 aromatic heterocycles. The maximum atomic E-state index is 14.4. The van der Waals surface area contributed by atoms with Gasteiger partial charge in [0.05, 0.1) is 22.7 Å². The summed E-state index contributed by atoms with van der Waals surface area (Å²) < 4.78 is 91.8. The zero-order valence-corrected chi connectivity index (χ0v) is 25.3. The number of alkyl halides is 4. The van der Waals surface area contributed by atoms with Gasteiger partial charge < -0.3 is 14.6 Å². The van der Waals surface area contributed by atoms with E-state index in [1.54, 1.807) is 13.0 Å². The van der Waals surface area contributed by atoms with E-state index in [-0.39, 0.29) is 23.9 Å². The number of nitrogens with zero attached hydrogens (tertiary/aromatic N) is 1. The molecule has 0 atom stereocenters. The van der Waals surface area contributed by atoms with Gasteiger partial charge in [0.15, 0.2) is 0 Å². The first kappa shape index (κ1) is 32.5. The molecule has 2 N–H and O–H groups in total.